The molecule has 2 amide bonds. The highest BCUT2D eigenvalue weighted by Gasteiger charge is 2.40. The number of halogens is 3. The van der Waals surface area contributed by atoms with E-state index in [1.807, 2.05) is 36.9 Å². The predicted octanol–water partition coefficient (Wildman–Crippen LogP) is 4.15. The lowest BCUT2D eigenvalue weighted by Crippen LogP contribution is -2.36. The highest BCUT2D eigenvalue weighted by Crippen LogP contribution is 2.38. The Bertz CT molecular complexity index is 1060. The minimum Gasteiger partial charge on any atom is -0.378 e. The molecule has 1 atom stereocenters. The molecule has 0 spiro atoms. The summed E-state index contributed by atoms with van der Waals surface area (Å²) in [6.07, 6.45) is -4.42. The van der Waals surface area contributed by atoms with Crippen LogP contribution in [-0.2, 0) is 20.5 Å². The maximum Gasteiger partial charge on any atom is 0.418 e. The Kier molecular flexibility index (Phi) is 6.34. The molecule has 2 aliphatic rings. The van der Waals surface area contributed by atoms with Crippen molar-refractivity contribution in [2.75, 3.05) is 48.0 Å². The average Bonchev–Trinajstić information content (AvgIpc) is 3.17. The van der Waals surface area contributed by atoms with Gasteiger partial charge in [-0.3, -0.25) is 9.59 Å². The highest BCUT2D eigenvalue weighted by atomic mass is 19.4. The van der Waals surface area contributed by atoms with Crippen LogP contribution in [0, 0.1) is 19.8 Å². The number of carbonyl (C=O) groups is 2. The lowest BCUT2D eigenvalue weighted by atomic mass is 10.1. The number of nitrogens with zero attached hydrogens (tertiary/aromatic N) is 2. The van der Waals surface area contributed by atoms with Gasteiger partial charge in [0.25, 0.3) is 0 Å². The van der Waals surface area contributed by atoms with Crippen LogP contribution in [0.5, 0.6) is 0 Å². The number of ether oxygens (including phenoxy) is 1. The van der Waals surface area contributed by atoms with Gasteiger partial charge in [-0.15, -0.1) is 0 Å². The molecule has 176 valence electrons. The van der Waals surface area contributed by atoms with Gasteiger partial charge in [0.15, 0.2) is 0 Å². The molecule has 2 heterocycles. The first-order chi connectivity index (χ1) is 15.6. The van der Waals surface area contributed by atoms with Gasteiger partial charge in [0.05, 0.1) is 24.5 Å². The molecule has 2 aromatic rings. The first-order valence-corrected chi connectivity index (χ1v) is 10.9. The second-order valence-corrected chi connectivity index (χ2v) is 8.42. The molecule has 0 bridgehead atoms. The molecule has 0 saturated carbocycles. The fraction of sp³-hybridized carbons (Fsp3) is 0.417. The van der Waals surface area contributed by atoms with E-state index >= 15 is 0 Å². The summed E-state index contributed by atoms with van der Waals surface area (Å²) in [6, 6.07) is 9.43. The van der Waals surface area contributed by atoms with Crippen molar-refractivity contribution < 1.29 is 27.5 Å². The maximum atomic E-state index is 13.8. The summed E-state index contributed by atoms with van der Waals surface area (Å²) < 4.78 is 46.6. The Hall–Kier alpha value is -3.07. The number of nitrogens with one attached hydrogen (secondary N) is 1. The van der Waals surface area contributed by atoms with Crippen LogP contribution in [0.4, 0.5) is 30.2 Å². The molecular weight excluding hydrogens is 435 g/mol. The van der Waals surface area contributed by atoms with Crippen LogP contribution < -0.4 is 15.1 Å². The van der Waals surface area contributed by atoms with Gasteiger partial charge in [-0.25, -0.2) is 0 Å². The van der Waals surface area contributed by atoms with Gasteiger partial charge in [-0.2, -0.15) is 13.2 Å². The van der Waals surface area contributed by atoms with Gasteiger partial charge in [0.2, 0.25) is 11.8 Å². The van der Waals surface area contributed by atoms with Gasteiger partial charge in [-0.1, -0.05) is 6.07 Å². The smallest absolute Gasteiger partial charge is 0.378 e. The lowest BCUT2D eigenvalue weighted by molar-refractivity contribution is -0.137. The molecule has 2 aromatic carbocycles. The van der Waals surface area contributed by atoms with Gasteiger partial charge in [-0.05, 0) is 61.7 Å². The summed E-state index contributed by atoms with van der Waals surface area (Å²) in [4.78, 5) is 29.1. The summed E-state index contributed by atoms with van der Waals surface area (Å²) in [5, 5.41) is 2.36. The summed E-state index contributed by atoms with van der Waals surface area (Å²) >= 11 is 0. The number of rotatable bonds is 4. The molecule has 0 aromatic heterocycles. The number of hydrogen-bond donors (Lipinski definition) is 1. The summed E-state index contributed by atoms with van der Waals surface area (Å²) in [5.74, 6) is -2.17. The Morgan fingerprint density at radius 1 is 1.00 bits per heavy atom. The monoisotopic (exact) mass is 461 g/mol. The minimum absolute atomic E-state index is 0.241. The molecule has 1 N–H and O–H groups in total. The Labute approximate surface area is 190 Å². The number of aryl methyl sites for hydroxylation is 2. The van der Waals surface area contributed by atoms with Crippen molar-refractivity contribution in [3.05, 3.63) is 53.1 Å². The van der Waals surface area contributed by atoms with Crippen LogP contribution >= 0.6 is 0 Å². The molecule has 2 fully saturated rings. The van der Waals surface area contributed by atoms with E-state index < -0.39 is 29.5 Å². The predicted molar refractivity (Wildman–Crippen MR) is 119 cm³/mol. The Morgan fingerprint density at radius 3 is 2.36 bits per heavy atom. The van der Waals surface area contributed by atoms with Crippen LogP contribution in [0.15, 0.2) is 36.4 Å². The summed E-state index contributed by atoms with van der Waals surface area (Å²) in [7, 11) is 0. The maximum absolute atomic E-state index is 13.8. The fourth-order valence-corrected chi connectivity index (χ4v) is 4.19. The lowest BCUT2D eigenvalue weighted by Gasteiger charge is -2.29. The zero-order valence-corrected chi connectivity index (χ0v) is 18.5. The van der Waals surface area contributed by atoms with E-state index in [1.165, 1.54) is 11.0 Å². The minimum atomic E-state index is -4.66. The zero-order chi connectivity index (χ0) is 23.8. The van der Waals surface area contributed by atoms with Crippen molar-refractivity contribution in [3.63, 3.8) is 0 Å². The van der Waals surface area contributed by atoms with Gasteiger partial charge >= 0.3 is 6.18 Å². The molecule has 6 nitrogen and oxygen atoms in total. The number of morpholine rings is 1. The van der Waals surface area contributed by atoms with E-state index in [2.05, 4.69) is 5.32 Å². The van der Waals surface area contributed by atoms with Crippen molar-refractivity contribution in [1.29, 1.82) is 0 Å². The number of hydrogen-bond acceptors (Lipinski definition) is 4. The van der Waals surface area contributed by atoms with E-state index in [9.17, 15) is 22.8 Å². The number of benzene rings is 2. The quantitative estimate of drug-likeness (QED) is 0.695. The van der Waals surface area contributed by atoms with E-state index in [0.29, 0.717) is 44.2 Å². The third-order valence-corrected chi connectivity index (χ3v) is 6.27. The number of carbonyl (C=O) groups excluding carboxylic acids is 2. The fourth-order valence-electron chi connectivity index (χ4n) is 4.19. The van der Waals surface area contributed by atoms with Gasteiger partial charge in [0.1, 0.15) is 5.92 Å². The van der Waals surface area contributed by atoms with Gasteiger partial charge in [0, 0.05) is 31.0 Å². The van der Waals surface area contributed by atoms with E-state index in [-0.39, 0.29) is 12.1 Å². The Morgan fingerprint density at radius 2 is 1.70 bits per heavy atom. The first-order valence-electron chi connectivity index (χ1n) is 10.9. The van der Waals surface area contributed by atoms with Crippen molar-refractivity contribution in [2.24, 2.45) is 5.92 Å². The second-order valence-electron chi connectivity index (χ2n) is 8.42. The SMILES string of the molecule is Cc1ccc(N2CCC(C(=O)Nc3ccc(N4CCOCC4)cc3C(F)(F)F)C2=O)cc1C. The molecule has 33 heavy (non-hydrogen) atoms. The summed E-state index contributed by atoms with van der Waals surface area (Å²) in [5.41, 5.74) is 1.92. The number of anilines is 3. The van der Waals surface area contributed by atoms with Crippen LogP contribution in [0.25, 0.3) is 0 Å². The van der Waals surface area contributed by atoms with Crippen LogP contribution in [0.2, 0.25) is 0 Å². The standard InChI is InChI=1S/C24H26F3N3O3/c1-15-3-4-18(13-16(15)2)30-8-7-19(23(30)32)22(31)28-21-6-5-17(14-20(21)24(25,26)27)29-9-11-33-12-10-29/h3-6,13-14,19H,7-12H2,1-2H3,(H,28,31). The number of amides is 2. The molecule has 1 unspecified atom stereocenters. The average molecular weight is 461 g/mol. The van der Waals surface area contributed by atoms with Gasteiger partial charge < -0.3 is 19.9 Å². The van der Waals surface area contributed by atoms with E-state index in [0.717, 1.165) is 17.2 Å². The molecule has 0 aliphatic carbocycles. The van der Waals surface area contributed by atoms with Crippen molar-refractivity contribution in [2.45, 2.75) is 26.4 Å². The molecular formula is C24H26F3N3O3. The summed E-state index contributed by atoms with van der Waals surface area (Å²) in [6.45, 7) is 6.11. The normalized spacial score (nSPS) is 19.2. The van der Waals surface area contributed by atoms with E-state index in [1.54, 1.807) is 6.07 Å². The Balaban J connectivity index is 1.53. The van der Waals surface area contributed by atoms with E-state index in [4.69, 9.17) is 4.74 Å². The largest absolute Gasteiger partial charge is 0.418 e. The highest BCUT2D eigenvalue weighted by molar-refractivity contribution is 6.13. The second kappa shape index (κ2) is 9.05. The van der Waals surface area contributed by atoms with Crippen LogP contribution in [-0.4, -0.2) is 44.7 Å². The van der Waals surface area contributed by atoms with Crippen LogP contribution in [0.3, 0.4) is 0 Å². The molecule has 4 rings (SSSR count). The molecule has 2 saturated heterocycles. The third-order valence-electron chi connectivity index (χ3n) is 6.27. The molecule has 2 aliphatic heterocycles. The molecule has 0 radical (unpaired) electrons. The zero-order valence-electron chi connectivity index (χ0n) is 18.5. The first kappa shape index (κ1) is 23.1. The van der Waals surface area contributed by atoms with Crippen molar-refractivity contribution in [1.82, 2.24) is 0 Å². The van der Waals surface area contributed by atoms with Crippen LogP contribution in [0.1, 0.15) is 23.1 Å². The topological polar surface area (TPSA) is 61.9 Å². The molecule has 9 heteroatoms. The third kappa shape index (κ3) is 4.83. The van der Waals surface area contributed by atoms with Crippen molar-refractivity contribution >= 4 is 28.9 Å². The number of alkyl halides is 3. The van der Waals surface area contributed by atoms with Crippen molar-refractivity contribution in [3.8, 4) is 0 Å².